The molecule has 0 unspecified atom stereocenters. The molecule has 0 aromatic heterocycles. The molecule has 0 aliphatic heterocycles. The van der Waals surface area contributed by atoms with Crippen LogP contribution in [0.15, 0.2) is 85.0 Å². The molecule has 0 saturated heterocycles. The molecule has 1 aliphatic carbocycles. The molecule has 0 saturated carbocycles. The standard InChI is InChI=1S/C25H32O2Si/c1-24(2,3)28(22-13-7-4-8-14-22,23-15-9-5-10-16-23)27-20-19-25(21-26)17-11-6-12-18-25/h4-5,7-18,26H,6,19-21H2,1-3H3. The molecule has 28 heavy (non-hydrogen) atoms. The summed E-state index contributed by atoms with van der Waals surface area (Å²) < 4.78 is 6.96. The fraction of sp³-hybridized carbons (Fsp3) is 0.360. The zero-order chi connectivity index (χ0) is 20.1. The highest BCUT2D eigenvalue weighted by atomic mass is 28.4. The van der Waals surface area contributed by atoms with Crippen molar-refractivity contribution >= 4 is 18.7 Å². The van der Waals surface area contributed by atoms with Crippen LogP contribution in [0.3, 0.4) is 0 Å². The first-order valence-corrected chi connectivity index (χ1v) is 12.1. The second-order valence-electron chi connectivity index (χ2n) is 8.69. The highest BCUT2D eigenvalue weighted by molar-refractivity contribution is 6.99. The van der Waals surface area contributed by atoms with Gasteiger partial charge in [-0.15, -0.1) is 0 Å². The van der Waals surface area contributed by atoms with E-state index in [4.69, 9.17) is 4.43 Å². The number of aliphatic hydroxyl groups is 1. The third kappa shape index (κ3) is 4.07. The van der Waals surface area contributed by atoms with Crippen LogP contribution >= 0.6 is 0 Å². The maximum Gasteiger partial charge on any atom is 0.261 e. The Hall–Kier alpha value is -1.94. The van der Waals surface area contributed by atoms with Crippen molar-refractivity contribution in [2.24, 2.45) is 5.41 Å². The van der Waals surface area contributed by atoms with Crippen molar-refractivity contribution in [3.63, 3.8) is 0 Å². The second kappa shape index (κ2) is 8.60. The van der Waals surface area contributed by atoms with Crippen LogP contribution in [0.25, 0.3) is 0 Å². The topological polar surface area (TPSA) is 29.5 Å². The molecule has 0 amide bonds. The molecule has 3 heteroatoms. The molecular formula is C25H32O2Si. The minimum absolute atomic E-state index is 0.0275. The Morgan fingerprint density at radius 3 is 1.82 bits per heavy atom. The van der Waals surface area contributed by atoms with Crippen LogP contribution in [0.2, 0.25) is 5.04 Å². The van der Waals surface area contributed by atoms with Crippen LogP contribution in [-0.4, -0.2) is 26.6 Å². The minimum atomic E-state index is -2.51. The summed E-state index contributed by atoms with van der Waals surface area (Å²) in [6.07, 6.45) is 10.3. The Bertz CT molecular complexity index is 752. The van der Waals surface area contributed by atoms with Gasteiger partial charge in [-0.3, -0.25) is 0 Å². The van der Waals surface area contributed by atoms with Crippen LogP contribution in [0.4, 0.5) is 0 Å². The lowest BCUT2D eigenvalue weighted by Crippen LogP contribution is -2.66. The lowest BCUT2D eigenvalue weighted by molar-refractivity contribution is 0.167. The Balaban J connectivity index is 1.98. The fourth-order valence-corrected chi connectivity index (χ4v) is 8.81. The van der Waals surface area contributed by atoms with Gasteiger partial charge in [-0.1, -0.05) is 106 Å². The van der Waals surface area contributed by atoms with Gasteiger partial charge in [0.15, 0.2) is 0 Å². The molecule has 0 fully saturated rings. The van der Waals surface area contributed by atoms with Crippen LogP contribution < -0.4 is 10.4 Å². The molecule has 0 bridgehead atoms. The molecule has 3 rings (SSSR count). The molecule has 1 N–H and O–H groups in total. The van der Waals surface area contributed by atoms with Gasteiger partial charge in [-0.25, -0.2) is 0 Å². The number of benzene rings is 2. The highest BCUT2D eigenvalue weighted by Gasteiger charge is 2.50. The Kier molecular flexibility index (Phi) is 6.39. The van der Waals surface area contributed by atoms with E-state index >= 15 is 0 Å². The van der Waals surface area contributed by atoms with Gasteiger partial charge in [0, 0.05) is 12.0 Å². The monoisotopic (exact) mass is 392 g/mol. The van der Waals surface area contributed by atoms with E-state index in [9.17, 15) is 5.11 Å². The molecule has 2 nitrogen and oxygen atoms in total. The van der Waals surface area contributed by atoms with Crippen molar-refractivity contribution in [3.05, 3.63) is 85.0 Å². The summed E-state index contributed by atoms with van der Waals surface area (Å²) in [6, 6.07) is 21.4. The Morgan fingerprint density at radius 2 is 1.39 bits per heavy atom. The number of hydrogen-bond donors (Lipinski definition) is 1. The number of aliphatic hydroxyl groups excluding tert-OH is 1. The van der Waals surface area contributed by atoms with E-state index in [1.165, 1.54) is 10.4 Å². The summed E-state index contributed by atoms with van der Waals surface area (Å²) in [7, 11) is -2.51. The first kappa shape index (κ1) is 20.8. The van der Waals surface area contributed by atoms with Gasteiger partial charge in [0.2, 0.25) is 0 Å². The quantitative estimate of drug-likeness (QED) is 0.557. The zero-order valence-corrected chi connectivity index (χ0v) is 18.3. The lowest BCUT2D eigenvalue weighted by Gasteiger charge is -2.43. The van der Waals surface area contributed by atoms with Crippen molar-refractivity contribution in [2.75, 3.05) is 13.2 Å². The van der Waals surface area contributed by atoms with E-state index in [0.717, 1.165) is 12.8 Å². The average Bonchev–Trinajstić information content (AvgIpc) is 2.72. The molecule has 0 radical (unpaired) electrons. The van der Waals surface area contributed by atoms with Gasteiger partial charge in [-0.2, -0.15) is 0 Å². The molecule has 2 aromatic carbocycles. The van der Waals surface area contributed by atoms with E-state index in [2.05, 4.69) is 106 Å². The van der Waals surface area contributed by atoms with Crippen molar-refractivity contribution in [2.45, 2.75) is 38.7 Å². The molecule has 0 spiro atoms. The summed E-state index contributed by atoms with van der Waals surface area (Å²) in [5.41, 5.74) is -0.302. The van der Waals surface area contributed by atoms with Crippen LogP contribution in [0, 0.1) is 5.41 Å². The van der Waals surface area contributed by atoms with E-state index in [0.29, 0.717) is 6.61 Å². The number of hydrogen-bond acceptors (Lipinski definition) is 2. The molecule has 0 atom stereocenters. The summed E-state index contributed by atoms with van der Waals surface area (Å²) in [6.45, 7) is 7.61. The van der Waals surface area contributed by atoms with Crippen LogP contribution in [0.1, 0.15) is 33.6 Å². The highest BCUT2D eigenvalue weighted by Crippen LogP contribution is 2.38. The summed E-state index contributed by atoms with van der Waals surface area (Å²) in [4.78, 5) is 0. The summed E-state index contributed by atoms with van der Waals surface area (Å²) >= 11 is 0. The van der Waals surface area contributed by atoms with Crippen molar-refractivity contribution in [3.8, 4) is 0 Å². The van der Waals surface area contributed by atoms with Gasteiger partial charge in [-0.05, 0) is 28.3 Å². The smallest absolute Gasteiger partial charge is 0.261 e. The normalized spacial score (nSPS) is 16.3. The lowest BCUT2D eigenvalue weighted by atomic mass is 9.82. The predicted octanol–water partition coefficient (Wildman–Crippen LogP) is 4.45. The largest absolute Gasteiger partial charge is 0.407 e. The van der Waals surface area contributed by atoms with E-state index in [-0.39, 0.29) is 17.1 Å². The minimum Gasteiger partial charge on any atom is -0.407 e. The van der Waals surface area contributed by atoms with Gasteiger partial charge in [0.05, 0.1) is 6.61 Å². The van der Waals surface area contributed by atoms with Crippen molar-refractivity contribution < 1.29 is 9.53 Å². The zero-order valence-electron chi connectivity index (χ0n) is 17.3. The van der Waals surface area contributed by atoms with E-state index < -0.39 is 8.32 Å². The maximum absolute atomic E-state index is 10.0. The SMILES string of the molecule is CC(C)(C)[Si](OCCC1(CO)C=CCC=C1)(c1ccccc1)c1ccccc1. The molecular weight excluding hydrogens is 360 g/mol. The van der Waals surface area contributed by atoms with Gasteiger partial charge in [0.25, 0.3) is 8.32 Å². The van der Waals surface area contributed by atoms with Gasteiger partial charge < -0.3 is 9.53 Å². The molecule has 2 aromatic rings. The maximum atomic E-state index is 10.0. The van der Waals surface area contributed by atoms with E-state index in [1.54, 1.807) is 0 Å². The molecule has 1 aliphatic rings. The van der Waals surface area contributed by atoms with E-state index in [1.807, 2.05) is 0 Å². The molecule has 148 valence electrons. The van der Waals surface area contributed by atoms with Crippen LogP contribution in [0.5, 0.6) is 0 Å². The van der Waals surface area contributed by atoms with Crippen molar-refractivity contribution in [1.29, 1.82) is 0 Å². The number of rotatable bonds is 7. The average molecular weight is 393 g/mol. The second-order valence-corrected chi connectivity index (χ2v) is 13.0. The van der Waals surface area contributed by atoms with Crippen molar-refractivity contribution in [1.82, 2.24) is 0 Å². The van der Waals surface area contributed by atoms with Gasteiger partial charge in [0.1, 0.15) is 0 Å². The first-order valence-electron chi connectivity index (χ1n) is 10.1. The first-order chi connectivity index (χ1) is 13.4. The third-order valence-electron chi connectivity index (χ3n) is 5.77. The Morgan fingerprint density at radius 1 is 0.893 bits per heavy atom. The Labute approximate surface area is 170 Å². The molecule has 0 heterocycles. The third-order valence-corrected chi connectivity index (χ3v) is 10.8. The van der Waals surface area contributed by atoms with Gasteiger partial charge >= 0.3 is 0 Å². The predicted molar refractivity (Wildman–Crippen MR) is 121 cm³/mol. The summed E-state index contributed by atoms with van der Waals surface area (Å²) in [5.74, 6) is 0. The van der Waals surface area contributed by atoms with Crippen LogP contribution in [-0.2, 0) is 4.43 Å². The number of allylic oxidation sites excluding steroid dienone is 2. The fourth-order valence-electron chi connectivity index (χ4n) is 4.25. The summed E-state index contributed by atoms with van der Waals surface area (Å²) in [5, 5.41) is 12.6.